The van der Waals surface area contributed by atoms with Gasteiger partial charge in [-0.3, -0.25) is 10.1 Å². The predicted molar refractivity (Wildman–Crippen MR) is 44.5 cm³/mol. The summed E-state index contributed by atoms with van der Waals surface area (Å²) in [7, 11) is 0. The number of carboxylic acids is 1. The first kappa shape index (κ1) is 13.6. The Morgan fingerprint density at radius 3 is 2.44 bits per heavy atom. The van der Waals surface area contributed by atoms with Crippen molar-refractivity contribution < 1.29 is 37.1 Å². The van der Waals surface area contributed by atoms with Crippen molar-refractivity contribution in [2.75, 3.05) is 0 Å². The van der Waals surface area contributed by atoms with Crippen molar-refractivity contribution in [3.8, 4) is 5.88 Å². The second-order valence-corrected chi connectivity index (χ2v) is 2.75. The lowest BCUT2D eigenvalue weighted by Gasteiger charge is -2.08. The maximum atomic E-state index is 13.0. The topological polar surface area (TPSA) is 103 Å². The molecule has 1 aromatic rings. The Morgan fingerprint density at radius 1 is 1.50 bits per heavy atom. The van der Waals surface area contributed by atoms with Crippen LogP contribution in [0.2, 0.25) is 0 Å². The van der Waals surface area contributed by atoms with Crippen molar-refractivity contribution >= 4 is 11.7 Å². The first-order chi connectivity index (χ1) is 8.11. The van der Waals surface area contributed by atoms with Crippen LogP contribution in [0.15, 0.2) is 6.07 Å². The summed E-state index contributed by atoms with van der Waals surface area (Å²) >= 11 is 0. The summed E-state index contributed by atoms with van der Waals surface area (Å²) in [5.41, 5.74) is -2.85. The molecule has 0 radical (unpaired) electrons. The highest BCUT2D eigenvalue weighted by Gasteiger charge is 2.37. The summed E-state index contributed by atoms with van der Waals surface area (Å²) in [5, 5.41) is 18.8. The van der Waals surface area contributed by atoms with Gasteiger partial charge in [0.15, 0.2) is 11.5 Å². The van der Waals surface area contributed by atoms with Crippen LogP contribution in [0, 0.1) is 15.9 Å². The lowest BCUT2D eigenvalue weighted by atomic mass is 10.3. The van der Waals surface area contributed by atoms with E-state index in [0.29, 0.717) is 0 Å². The normalized spacial score (nSPS) is 11.1. The van der Waals surface area contributed by atoms with E-state index in [1.165, 1.54) is 0 Å². The maximum Gasteiger partial charge on any atom is 0.574 e. The smallest absolute Gasteiger partial charge is 0.476 e. The Hall–Kier alpha value is -2.46. The van der Waals surface area contributed by atoms with E-state index >= 15 is 0 Å². The van der Waals surface area contributed by atoms with Gasteiger partial charge in [0.1, 0.15) is 0 Å². The van der Waals surface area contributed by atoms with E-state index in [9.17, 15) is 32.5 Å². The first-order valence-corrected chi connectivity index (χ1v) is 3.96. The van der Waals surface area contributed by atoms with Crippen LogP contribution in [0.1, 0.15) is 10.5 Å². The van der Waals surface area contributed by atoms with Crippen LogP contribution in [-0.4, -0.2) is 27.3 Å². The molecule has 0 unspecified atom stereocenters. The largest absolute Gasteiger partial charge is 0.574 e. The third-order valence-electron chi connectivity index (χ3n) is 1.53. The van der Waals surface area contributed by atoms with Crippen LogP contribution in [0.3, 0.4) is 0 Å². The molecule has 0 aromatic carbocycles. The number of carboxylic acid groups (broad SMARTS) is 1. The van der Waals surface area contributed by atoms with E-state index in [1.807, 2.05) is 0 Å². The van der Waals surface area contributed by atoms with Gasteiger partial charge in [-0.2, -0.15) is 4.98 Å². The monoisotopic (exact) mass is 270 g/mol. The van der Waals surface area contributed by atoms with E-state index < -0.39 is 40.3 Å². The summed E-state index contributed by atoms with van der Waals surface area (Å²) in [6.45, 7) is 0. The van der Waals surface area contributed by atoms with Crippen LogP contribution >= 0.6 is 0 Å². The van der Waals surface area contributed by atoms with Crippen molar-refractivity contribution in [3.05, 3.63) is 27.7 Å². The fourth-order valence-corrected chi connectivity index (χ4v) is 0.928. The average Bonchev–Trinajstić information content (AvgIpc) is 2.17. The number of nitrogens with zero attached hydrogens (tertiary/aromatic N) is 2. The molecule has 11 heteroatoms. The van der Waals surface area contributed by atoms with E-state index in [4.69, 9.17) is 5.11 Å². The third-order valence-corrected chi connectivity index (χ3v) is 1.53. The lowest BCUT2D eigenvalue weighted by molar-refractivity contribution is -0.389. The Kier molecular flexibility index (Phi) is 3.35. The lowest BCUT2D eigenvalue weighted by Crippen LogP contribution is -2.20. The molecule has 0 amide bonds. The fraction of sp³-hybridized carbons (Fsp3) is 0.143. The van der Waals surface area contributed by atoms with E-state index in [0.717, 1.165) is 0 Å². The molecular weight excluding hydrogens is 268 g/mol. The van der Waals surface area contributed by atoms with Crippen molar-refractivity contribution in [1.29, 1.82) is 0 Å². The number of aromatic nitrogens is 1. The van der Waals surface area contributed by atoms with Crippen LogP contribution in [0.5, 0.6) is 5.88 Å². The van der Waals surface area contributed by atoms with Crippen molar-refractivity contribution in [3.63, 3.8) is 0 Å². The van der Waals surface area contributed by atoms with Gasteiger partial charge in [-0.05, 0) is 0 Å². The Bertz CT molecular complexity index is 515. The van der Waals surface area contributed by atoms with Gasteiger partial charge >= 0.3 is 23.9 Å². The Morgan fingerprint density at radius 2 is 2.06 bits per heavy atom. The number of hydrogen-bond acceptors (Lipinski definition) is 5. The van der Waals surface area contributed by atoms with Gasteiger partial charge in [0.2, 0.25) is 0 Å². The highest BCUT2D eigenvalue weighted by Crippen LogP contribution is 2.31. The molecule has 0 fully saturated rings. The van der Waals surface area contributed by atoms with Crippen molar-refractivity contribution in [2.45, 2.75) is 6.36 Å². The molecule has 1 aromatic heterocycles. The summed E-state index contributed by atoms with van der Waals surface area (Å²) in [6, 6.07) is -0.0163. The SMILES string of the molecule is O=C(O)c1nc(OC(F)(F)F)c([N+](=O)[O-])cc1F. The van der Waals surface area contributed by atoms with Gasteiger partial charge in [-0.1, -0.05) is 0 Å². The van der Waals surface area contributed by atoms with E-state index in [1.54, 1.807) is 0 Å². The standard InChI is InChI=1S/C7H2F4N2O5/c8-2-1-3(13(16)17)5(18-7(9,10)11)12-4(2)6(14)15/h1H,(H,14,15). The molecule has 0 atom stereocenters. The fourth-order valence-electron chi connectivity index (χ4n) is 0.928. The zero-order valence-electron chi connectivity index (χ0n) is 8.06. The highest BCUT2D eigenvalue weighted by atomic mass is 19.4. The molecule has 0 spiro atoms. The van der Waals surface area contributed by atoms with Gasteiger partial charge in [0.05, 0.1) is 11.0 Å². The average molecular weight is 270 g/mol. The van der Waals surface area contributed by atoms with Gasteiger partial charge in [0, 0.05) is 0 Å². The van der Waals surface area contributed by atoms with Crippen LogP contribution in [-0.2, 0) is 0 Å². The van der Waals surface area contributed by atoms with Gasteiger partial charge in [-0.15, -0.1) is 13.2 Å². The zero-order valence-corrected chi connectivity index (χ0v) is 8.06. The predicted octanol–water partition coefficient (Wildman–Crippen LogP) is 1.73. The second-order valence-electron chi connectivity index (χ2n) is 2.75. The maximum absolute atomic E-state index is 13.0. The molecule has 0 aliphatic carbocycles. The molecule has 1 rings (SSSR count). The number of halogens is 4. The third kappa shape index (κ3) is 3.02. The molecular formula is C7H2F4N2O5. The molecule has 98 valence electrons. The van der Waals surface area contributed by atoms with E-state index in [-0.39, 0.29) is 6.07 Å². The number of carbonyl (C=O) groups is 1. The minimum absolute atomic E-state index is 0.0163. The first-order valence-electron chi connectivity index (χ1n) is 3.96. The van der Waals surface area contributed by atoms with Crippen LogP contribution < -0.4 is 4.74 Å². The zero-order chi connectivity index (χ0) is 14.1. The second kappa shape index (κ2) is 4.43. The summed E-state index contributed by atoms with van der Waals surface area (Å²) in [6.07, 6.45) is -5.33. The van der Waals surface area contributed by atoms with Gasteiger partial charge in [-0.25, -0.2) is 9.18 Å². The number of hydrogen-bond donors (Lipinski definition) is 1. The molecule has 0 aliphatic rings. The van der Waals surface area contributed by atoms with Crippen molar-refractivity contribution in [1.82, 2.24) is 4.98 Å². The molecule has 0 saturated heterocycles. The quantitative estimate of drug-likeness (QED) is 0.509. The summed E-state index contributed by atoms with van der Waals surface area (Å²) in [4.78, 5) is 22.0. The van der Waals surface area contributed by atoms with Crippen LogP contribution in [0.25, 0.3) is 0 Å². The molecule has 1 N–H and O–H groups in total. The summed E-state index contributed by atoms with van der Waals surface area (Å²) in [5.74, 6) is -5.29. The number of aromatic carboxylic acids is 1. The molecule has 0 saturated carbocycles. The number of ether oxygens (including phenoxy) is 1. The minimum Gasteiger partial charge on any atom is -0.476 e. The molecule has 0 bridgehead atoms. The van der Waals surface area contributed by atoms with Crippen LogP contribution in [0.4, 0.5) is 23.2 Å². The van der Waals surface area contributed by atoms with Gasteiger partial charge < -0.3 is 9.84 Å². The number of alkyl halides is 3. The Balaban J connectivity index is 3.40. The van der Waals surface area contributed by atoms with E-state index in [2.05, 4.69) is 9.72 Å². The van der Waals surface area contributed by atoms with Gasteiger partial charge in [0.25, 0.3) is 0 Å². The van der Waals surface area contributed by atoms with Crippen molar-refractivity contribution in [2.24, 2.45) is 0 Å². The molecule has 18 heavy (non-hydrogen) atoms. The molecule has 1 heterocycles. The molecule has 7 nitrogen and oxygen atoms in total. The number of nitro groups is 1. The summed E-state index contributed by atoms with van der Waals surface area (Å²) < 4.78 is 51.8. The number of pyridine rings is 1. The Labute approximate surface area is 94.8 Å². The number of rotatable bonds is 3. The highest BCUT2D eigenvalue weighted by molar-refractivity contribution is 5.86. The molecule has 0 aliphatic heterocycles. The minimum atomic E-state index is -5.33.